The highest BCUT2D eigenvalue weighted by molar-refractivity contribution is 5.95. The van der Waals surface area contributed by atoms with E-state index in [9.17, 15) is 24.9 Å². The Balaban J connectivity index is 1.81. The van der Waals surface area contributed by atoms with Gasteiger partial charge in [-0.1, -0.05) is 39.8 Å². The zero-order valence-electron chi connectivity index (χ0n) is 22.2. The summed E-state index contributed by atoms with van der Waals surface area (Å²) in [6.45, 7) is 9.12. The Kier molecular flexibility index (Phi) is 6.64. The van der Waals surface area contributed by atoms with E-state index in [1.54, 1.807) is 43.3 Å². The number of aliphatic hydroxyl groups excluding tert-OH is 2. The number of ether oxygens (including phenoxy) is 1. The molecule has 198 valence electrons. The van der Waals surface area contributed by atoms with Crippen LogP contribution in [0, 0.1) is 39.9 Å². The molecule has 3 aliphatic rings. The number of anilines is 1. The molecule has 8 heteroatoms. The summed E-state index contributed by atoms with van der Waals surface area (Å²) in [6.07, 6.45) is 0.167. The SMILES string of the molecule is CC1=C[C@]23C(=O)[C@@H](C=C(CO)[C@@H](O)[C@]2(O)[C@H]1OC(=O)N(C)c1ccc(C#N)cc1)C(C)(C)[C@@H](C)C[C@H]3C. The molecule has 0 radical (unpaired) electrons. The zero-order valence-corrected chi connectivity index (χ0v) is 22.2. The van der Waals surface area contributed by atoms with Crippen molar-refractivity contribution in [2.24, 2.45) is 28.6 Å². The molecule has 1 aromatic carbocycles. The lowest BCUT2D eigenvalue weighted by Gasteiger charge is -2.48. The maximum atomic E-state index is 14.4. The van der Waals surface area contributed by atoms with Gasteiger partial charge in [-0.05, 0) is 66.0 Å². The highest BCUT2D eigenvalue weighted by Crippen LogP contribution is 2.62. The first kappa shape index (κ1) is 27.1. The van der Waals surface area contributed by atoms with E-state index in [0.717, 1.165) is 0 Å². The standard InChI is InChI=1S/C29H36N2O6/c1-16-13-28-18(3)11-17(2)27(4,5)22(24(28)34)12-20(15-32)23(33)29(28,36)25(16)37-26(35)31(6)21-9-7-19(14-30)8-10-21/h7-10,12-13,17-18,22-23,25,32-33,36H,11,15H2,1-6H3/t17-,18+,22+,23+,25-,28-,29-/m0/s1. The minimum atomic E-state index is -2.21. The number of Topliss-reactive ketones (excluding diaryl/α,β-unsaturated/α-hetero) is 1. The van der Waals surface area contributed by atoms with Gasteiger partial charge in [-0.2, -0.15) is 5.26 Å². The molecule has 1 aromatic rings. The zero-order chi connectivity index (χ0) is 27.5. The van der Waals surface area contributed by atoms with Gasteiger partial charge < -0.3 is 20.1 Å². The van der Waals surface area contributed by atoms with Gasteiger partial charge in [-0.25, -0.2) is 4.79 Å². The van der Waals surface area contributed by atoms with Gasteiger partial charge in [0.2, 0.25) is 0 Å². The van der Waals surface area contributed by atoms with E-state index >= 15 is 0 Å². The fourth-order valence-electron chi connectivity index (χ4n) is 6.70. The molecule has 8 nitrogen and oxygen atoms in total. The highest BCUT2D eigenvalue weighted by Gasteiger charge is 2.73. The van der Waals surface area contributed by atoms with Crippen LogP contribution in [0.3, 0.4) is 0 Å². The van der Waals surface area contributed by atoms with E-state index in [0.29, 0.717) is 23.2 Å². The van der Waals surface area contributed by atoms with Crippen LogP contribution in [-0.4, -0.2) is 58.7 Å². The monoisotopic (exact) mass is 508 g/mol. The van der Waals surface area contributed by atoms with Crippen LogP contribution in [0.15, 0.2) is 47.6 Å². The Labute approximate surface area is 217 Å². The van der Waals surface area contributed by atoms with E-state index in [2.05, 4.69) is 6.92 Å². The van der Waals surface area contributed by atoms with Crippen LogP contribution in [0.4, 0.5) is 10.5 Å². The number of carbonyl (C=O) groups excluding carboxylic acids is 2. The third-order valence-corrected chi connectivity index (χ3v) is 9.39. The molecular formula is C29H36N2O6. The van der Waals surface area contributed by atoms with Crippen LogP contribution < -0.4 is 4.90 Å². The topological polar surface area (TPSA) is 131 Å². The average Bonchev–Trinajstić information content (AvgIpc) is 3.04. The van der Waals surface area contributed by atoms with Crippen LogP contribution in [0.2, 0.25) is 0 Å². The molecule has 1 amide bonds. The number of fused-ring (bicyclic) bond motifs is 1. The fraction of sp³-hybridized carbons (Fsp3) is 0.552. The largest absolute Gasteiger partial charge is 0.438 e. The maximum absolute atomic E-state index is 14.4. The van der Waals surface area contributed by atoms with Gasteiger partial charge in [-0.15, -0.1) is 0 Å². The van der Waals surface area contributed by atoms with E-state index < -0.39 is 47.3 Å². The molecule has 1 fully saturated rings. The number of hydrogen-bond donors (Lipinski definition) is 3. The first-order valence-corrected chi connectivity index (χ1v) is 12.7. The first-order chi connectivity index (χ1) is 17.3. The van der Waals surface area contributed by atoms with Crippen molar-refractivity contribution in [3.63, 3.8) is 0 Å². The minimum absolute atomic E-state index is 0.101. The molecule has 0 aliphatic heterocycles. The van der Waals surface area contributed by atoms with Crippen LogP contribution in [-0.2, 0) is 9.53 Å². The van der Waals surface area contributed by atoms with Crippen LogP contribution in [0.1, 0.15) is 46.6 Å². The number of carbonyl (C=O) groups is 2. The number of ketones is 1. The van der Waals surface area contributed by atoms with Crippen molar-refractivity contribution in [2.75, 3.05) is 18.6 Å². The Morgan fingerprint density at radius 1 is 1.22 bits per heavy atom. The molecule has 7 atom stereocenters. The number of benzene rings is 1. The summed E-state index contributed by atoms with van der Waals surface area (Å²) in [5, 5.41) is 43.3. The van der Waals surface area contributed by atoms with Crippen molar-refractivity contribution in [3.8, 4) is 6.07 Å². The maximum Gasteiger partial charge on any atom is 0.414 e. The third kappa shape index (κ3) is 3.67. The van der Waals surface area contributed by atoms with Crippen molar-refractivity contribution in [3.05, 3.63) is 53.1 Å². The van der Waals surface area contributed by atoms with Crippen LogP contribution in [0.5, 0.6) is 0 Å². The third-order valence-electron chi connectivity index (χ3n) is 9.39. The molecule has 4 rings (SSSR count). The number of nitrogens with zero attached hydrogens (tertiary/aromatic N) is 2. The van der Waals surface area contributed by atoms with Gasteiger partial charge in [0.25, 0.3) is 0 Å². The van der Waals surface area contributed by atoms with Gasteiger partial charge in [0.15, 0.2) is 17.5 Å². The molecule has 0 saturated heterocycles. The summed E-state index contributed by atoms with van der Waals surface area (Å²) in [5.41, 5.74) is -2.71. The van der Waals surface area contributed by atoms with Crippen molar-refractivity contribution in [1.29, 1.82) is 5.26 Å². The van der Waals surface area contributed by atoms with Gasteiger partial charge in [-0.3, -0.25) is 9.69 Å². The Hall–Kier alpha value is -2.99. The highest BCUT2D eigenvalue weighted by atomic mass is 16.6. The summed E-state index contributed by atoms with van der Waals surface area (Å²) >= 11 is 0. The fourth-order valence-corrected chi connectivity index (χ4v) is 6.70. The number of aliphatic hydroxyl groups is 3. The molecule has 2 bridgehead atoms. The Bertz CT molecular complexity index is 1210. The van der Waals surface area contributed by atoms with E-state index in [4.69, 9.17) is 10.00 Å². The second-order valence-electron chi connectivity index (χ2n) is 11.6. The molecule has 0 aromatic heterocycles. The van der Waals surface area contributed by atoms with Crippen molar-refractivity contribution >= 4 is 17.6 Å². The Morgan fingerprint density at radius 3 is 2.41 bits per heavy atom. The van der Waals surface area contributed by atoms with Crippen molar-refractivity contribution < 1.29 is 29.6 Å². The van der Waals surface area contributed by atoms with Crippen LogP contribution >= 0.6 is 0 Å². The second kappa shape index (κ2) is 9.09. The molecule has 3 N–H and O–H groups in total. The second-order valence-corrected chi connectivity index (χ2v) is 11.6. The number of hydrogen-bond acceptors (Lipinski definition) is 7. The lowest BCUT2D eigenvalue weighted by molar-refractivity contribution is -0.189. The van der Waals surface area contributed by atoms with Crippen molar-refractivity contribution in [2.45, 2.75) is 58.8 Å². The van der Waals surface area contributed by atoms with Gasteiger partial charge >= 0.3 is 6.09 Å². The molecule has 1 saturated carbocycles. The number of rotatable bonds is 3. The average molecular weight is 509 g/mol. The summed E-state index contributed by atoms with van der Waals surface area (Å²) < 4.78 is 5.87. The minimum Gasteiger partial charge on any atom is -0.438 e. The van der Waals surface area contributed by atoms with Crippen LogP contribution in [0.25, 0.3) is 0 Å². The molecule has 3 aliphatic carbocycles. The van der Waals surface area contributed by atoms with E-state index in [1.807, 2.05) is 26.8 Å². The molecule has 0 heterocycles. The predicted molar refractivity (Wildman–Crippen MR) is 137 cm³/mol. The summed E-state index contributed by atoms with van der Waals surface area (Å²) in [7, 11) is 1.50. The molecule has 0 unspecified atom stereocenters. The number of allylic oxidation sites excluding steroid dienone is 1. The smallest absolute Gasteiger partial charge is 0.414 e. The van der Waals surface area contributed by atoms with Gasteiger partial charge in [0.1, 0.15) is 6.10 Å². The lowest BCUT2D eigenvalue weighted by atomic mass is 9.59. The quantitative estimate of drug-likeness (QED) is 0.534. The molecule has 37 heavy (non-hydrogen) atoms. The van der Waals surface area contributed by atoms with Gasteiger partial charge in [0, 0.05) is 18.7 Å². The molecule has 1 spiro atoms. The number of amides is 1. The Morgan fingerprint density at radius 2 is 1.84 bits per heavy atom. The molecular weight excluding hydrogens is 472 g/mol. The van der Waals surface area contributed by atoms with E-state index in [1.165, 1.54) is 11.9 Å². The van der Waals surface area contributed by atoms with Gasteiger partial charge in [0.05, 0.1) is 23.7 Å². The van der Waals surface area contributed by atoms with E-state index in [-0.39, 0.29) is 23.2 Å². The number of nitriles is 1. The normalized spacial score (nSPS) is 36.3. The summed E-state index contributed by atoms with van der Waals surface area (Å²) in [6, 6.07) is 8.38. The predicted octanol–water partition coefficient (Wildman–Crippen LogP) is 3.36. The lowest BCUT2D eigenvalue weighted by Crippen LogP contribution is -2.66. The summed E-state index contributed by atoms with van der Waals surface area (Å²) in [4.78, 5) is 28.9. The van der Waals surface area contributed by atoms with Crippen molar-refractivity contribution in [1.82, 2.24) is 0 Å². The first-order valence-electron chi connectivity index (χ1n) is 12.7. The summed E-state index contributed by atoms with van der Waals surface area (Å²) in [5.74, 6) is -1.17.